The van der Waals surface area contributed by atoms with Crippen molar-refractivity contribution in [3.63, 3.8) is 0 Å². The monoisotopic (exact) mass is 467 g/mol. The molecule has 0 aliphatic rings. The van der Waals surface area contributed by atoms with Crippen LogP contribution in [0.5, 0.6) is 5.75 Å². The van der Waals surface area contributed by atoms with E-state index in [0.29, 0.717) is 34.2 Å². The highest BCUT2D eigenvalue weighted by Gasteiger charge is 2.38. The van der Waals surface area contributed by atoms with Crippen molar-refractivity contribution in [3.8, 4) is 17.0 Å². The fourth-order valence-corrected chi connectivity index (χ4v) is 3.79. The predicted octanol–water partition coefficient (Wildman–Crippen LogP) is 4.45. The molecule has 1 atom stereocenters. The van der Waals surface area contributed by atoms with E-state index >= 15 is 0 Å². The Morgan fingerprint density at radius 2 is 1.88 bits per heavy atom. The number of alkyl halides is 3. The van der Waals surface area contributed by atoms with Crippen molar-refractivity contribution in [1.29, 1.82) is 0 Å². The van der Waals surface area contributed by atoms with Gasteiger partial charge in [-0.3, -0.25) is 4.79 Å². The molecular weight excluding hydrogens is 450 g/mol. The van der Waals surface area contributed by atoms with Crippen LogP contribution in [0, 0.1) is 5.82 Å². The van der Waals surface area contributed by atoms with E-state index in [4.69, 9.17) is 4.74 Å². The molecule has 1 unspecified atom stereocenters. The van der Waals surface area contributed by atoms with Gasteiger partial charge in [0.25, 0.3) is 0 Å². The lowest BCUT2D eigenvalue weighted by Crippen LogP contribution is -2.21. The highest BCUT2D eigenvalue weighted by Crippen LogP contribution is 2.30. The third-order valence-electron chi connectivity index (χ3n) is 4.04. The fraction of sp³-hybridized carbons (Fsp3) is 0.200. The quantitative estimate of drug-likeness (QED) is 0.539. The molecule has 0 spiro atoms. The van der Waals surface area contributed by atoms with Gasteiger partial charge in [0.2, 0.25) is 0 Å². The number of nitrogens with one attached hydrogen (secondary N) is 1. The van der Waals surface area contributed by atoms with E-state index in [0.717, 1.165) is 0 Å². The van der Waals surface area contributed by atoms with Crippen LogP contribution in [0.3, 0.4) is 0 Å². The third kappa shape index (κ3) is 6.06. The van der Waals surface area contributed by atoms with Crippen LogP contribution in [-0.2, 0) is 21.2 Å². The molecule has 1 aromatic carbocycles. The number of halogens is 4. The zero-order valence-electron chi connectivity index (χ0n) is 16.9. The van der Waals surface area contributed by atoms with Gasteiger partial charge in [-0.05, 0) is 36.1 Å². The number of hydrogen-bond donors (Lipinski definition) is 1. The van der Waals surface area contributed by atoms with Crippen LogP contribution in [0.2, 0.25) is 0 Å². The molecule has 3 aromatic rings. The van der Waals surface area contributed by atoms with Crippen LogP contribution in [-0.4, -0.2) is 40.4 Å². The summed E-state index contributed by atoms with van der Waals surface area (Å²) in [7, 11) is 0.264. The molecule has 1 N–H and O–H groups in total. The van der Waals surface area contributed by atoms with Crippen LogP contribution in [0.1, 0.15) is 5.56 Å². The molecule has 0 radical (unpaired) electrons. The van der Waals surface area contributed by atoms with Crippen molar-refractivity contribution in [1.82, 2.24) is 15.0 Å². The Morgan fingerprint density at radius 3 is 2.59 bits per heavy atom. The minimum Gasteiger partial charge on any atom is -0.496 e. The second-order valence-corrected chi connectivity index (χ2v) is 8.12. The SMILES string of the molecule is COc1cc(F)ccc1-c1cc(Nc2cc(CS(C)=NC(=O)C(F)(F)F)ccn2)ncn1. The number of methoxy groups -OCH3 is 1. The third-order valence-corrected chi connectivity index (χ3v) is 5.27. The molecule has 3 rings (SSSR count). The van der Waals surface area contributed by atoms with E-state index in [2.05, 4.69) is 24.6 Å². The number of nitrogens with zero attached hydrogens (tertiary/aromatic N) is 4. The number of carbonyl (C=O) groups is 1. The molecule has 168 valence electrons. The summed E-state index contributed by atoms with van der Waals surface area (Å²) in [5, 5.41) is 2.99. The van der Waals surface area contributed by atoms with Crippen LogP contribution in [0.25, 0.3) is 11.3 Å². The second-order valence-electron chi connectivity index (χ2n) is 6.45. The molecule has 0 fully saturated rings. The average molecular weight is 467 g/mol. The first kappa shape index (κ1) is 23.3. The highest BCUT2D eigenvalue weighted by molar-refractivity contribution is 7.86. The number of pyridine rings is 1. The van der Waals surface area contributed by atoms with E-state index in [1.165, 1.54) is 44.1 Å². The lowest BCUT2D eigenvalue weighted by Gasteiger charge is -2.10. The van der Waals surface area contributed by atoms with E-state index < -0.39 is 28.6 Å². The summed E-state index contributed by atoms with van der Waals surface area (Å²) >= 11 is 0. The van der Waals surface area contributed by atoms with E-state index in [9.17, 15) is 22.4 Å². The largest absolute Gasteiger partial charge is 0.496 e. The van der Waals surface area contributed by atoms with Crippen molar-refractivity contribution in [2.75, 3.05) is 18.7 Å². The summed E-state index contributed by atoms with van der Waals surface area (Å²) in [5.74, 6) is -1.32. The summed E-state index contributed by atoms with van der Waals surface area (Å²) < 4.78 is 59.0. The topological polar surface area (TPSA) is 89.4 Å². The summed E-state index contributed by atoms with van der Waals surface area (Å²) in [6, 6.07) is 8.92. The number of aromatic nitrogens is 3. The number of ether oxygens (including phenoxy) is 1. The van der Waals surface area contributed by atoms with Gasteiger partial charge in [-0.1, -0.05) is 10.7 Å². The average Bonchev–Trinajstić information content (AvgIpc) is 2.73. The molecule has 0 aliphatic heterocycles. The molecule has 12 heteroatoms. The van der Waals surface area contributed by atoms with Crippen molar-refractivity contribution in [2.24, 2.45) is 4.36 Å². The molecule has 0 saturated carbocycles. The van der Waals surface area contributed by atoms with E-state index in [1.54, 1.807) is 18.2 Å². The molecule has 7 nitrogen and oxygen atoms in total. The zero-order valence-corrected chi connectivity index (χ0v) is 17.7. The first-order valence-corrected chi connectivity index (χ1v) is 10.7. The van der Waals surface area contributed by atoms with Gasteiger partial charge in [0.1, 0.15) is 29.5 Å². The van der Waals surface area contributed by atoms with Gasteiger partial charge < -0.3 is 10.1 Å². The lowest BCUT2D eigenvalue weighted by molar-refractivity contribution is -0.169. The van der Waals surface area contributed by atoms with Gasteiger partial charge in [0.15, 0.2) is 0 Å². The highest BCUT2D eigenvalue weighted by atomic mass is 32.2. The zero-order chi connectivity index (χ0) is 23.3. The standard InChI is InChI=1S/C20H17F4N5O2S/c1-31-16-8-13(21)3-4-14(16)15-9-18(27-11-26-15)28-17-7-12(5-6-25-17)10-32(2)29-19(30)20(22,23)24/h3-9,11H,10H2,1-2H3,(H,25,26,27,28). The van der Waals surface area contributed by atoms with E-state index in [1.807, 2.05) is 0 Å². The normalized spacial score (nSPS) is 12.4. The molecule has 2 heterocycles. The van der Waals surface area contributed by atoms with Crippen LogP contribution in [0.15, 0.2) is 53.3 Å². The Balaban J connectivity index is 1.79. The summed E-state index contributed by atoms with van der Waals surface area (Å²) in [6.45, 7) is 0. The first-order valence-electron chi connectivity index (χ1n) is 8.99. The summed E-state index contributed by atoms with van der Waals surface area (Å²) in [6.07, 6.45) is -0.741. The van der Waals surface area contributed by atoms with Gasteiger partial charge >= 0.3 is 12.1 Å². The smallest absolute Gasteiger partial charge is 0.474 e. The second kappa shape index (κ2) is 9.81. The van der Waals surface area contributed by atoms with Crippen LogP contribution in [0.4, 0.5) is 29.2 Å². The molecule has 2 aromatic heterocycles. The van der Waals surface area contributed by atoms with Crippen molar-refractivity contribution in [2.45, 2.75) is 11.9 Å². The number of carbonyl (C=O) groups excluding carboxylic acids is 1. The Bertz CT molecular complexity index is 1170. The van der Waals surface area contributed by atoms with Crippen LogP contribution >= 0.6 is 0 Å². The first-order chi connectivity index (χ1) is 15.2. The maximum absolute atomic E-state index is 13.5. The number of amides is 1. The van der Waals surface area contributed by atoms with Gasteiger partial charge in [-0.2, -0.15) is 17.5 Å². The minimum absolute atomic E-state index is 0.140. The van der Waals surface area contributed by atoms with Gasteiger partial charge in [-0.15, -0.1) is 0 Å². The van der Waals surface area contributed by atoms with E-state index in [-0.39, 0.29) is 5.75 Å². The molecule has 0 bridgehead atoms. The Hall–Kier alpha value is -3.41. The maximum Gasteiger partial charge on any atom is 0.474 e. The number of benzene rings is 1. The molecule has 0 saturated heterocycles. The minimum atomic E-state index is -4.98. The van der Waals surface area contributed by atoms with Crippen molar-refractivity contribution < 1.29 is 27.1 Å². The number of rotatable bonds is 6. The maximum atomic E-state index is 13.5. The lowest BCUT2D eigenvalue weighted by atomic mass is 10.1. The fourth-order valence-electron chi connectivity index (χ4n) is 2.68. The number of anilines is 2. The Labute approximate surface area is 183 Å². The van der Waals surface area contributed by atoms with Crippen molar-refractivity contribution in [3.05, 3.63) is 60.3 Å². The number of hydrogen-bond acceptors (Lipinski definition) is 6. The Kier molecular flexibility index (Phi) is 7.13. The van der Waals surface area contributed by atoms with Gasteiger partial charge in [-0.25, -0.2) is 19.3 Å². The predicted molar refractivity (Wildman–Crippen MR) is 112 cm³/mol. The summed E-state index contributed by atoms with van der Waals surface area (Å²) in [5.41, 5.74) is 1.68. The molecule has 1 amide bonds. The van der Waals surface area contributed by atoms with Crippen LogP contribution < -0.4 is 10.1 Å². The van der Waals surface area contributed by atoms with Gasteiger partial charge in [0, 0.05) is 29.6 Å². The van der Waals surface area contributed by atoms with Crippen molar-refractivity contribution >= 4 is 28.2 Å². The molecule has 32 heavy (non-hydrogen) atoms. The Morgan fingerprint density at radius 1 is 1.12 bits per heavy atom. The summed E-state index contributed by atoms with van der Waals surface area (Å²) in [4.78, 5) is 23.5. The van der Waals surface area contributed by atoms with Gasteiger partial charge in [0.05, 0.1) is 12.8 Å². The molecular formula is C20H17F4N5O2S. The molecule has 0 aliphatic carbocycles.